The van der Waals surface area contributed by atoms with Gasteiger partial charge in [0.25, 0.3) is 5.91 Å². The van der Waals surface area contributed by atoms with Gasteiger partial charge in [0.2, 0.25) is 0 Å². The van der Waals surface area contributed by atoms with Crippen LogP contribution in [0.5, 0.6) is 0 Å². The molecule has 3 aromatic carbocycles. The van der Waals surface area contributed by atoms with Crippen molar-refractivity contribution in [1.82, 2.24) is 10.4 Å². The van der Waals surface area contributed by atoms with Gasteiger partial charge in [0.05, 0.1) is 25.9 Å². The molecule has 0 unspecified atom stereocenters. The molecule has 0 spiro atoms. The second-order valence-corrected chi connectivity index (χ2v) is 9.73. The van der Waals surface area contributed by atoms with Gasteiger partial charge in [-0.2, -0.15) is 0 Å². The predicted octanol–water partition coefficient (Wildman–Crippen LogP) is 5.76. The van der Waals surface area contributed by atoms with E-state index in [0.29, 0.717) is 18.8 Å². The normalized spacial score (nSPS) is 12.9. The van der Waals surface area contributed by atoms with Gasteiger partial charge in [-0.15, -0.1) is 0 Å². The Bertz CT molecular complexity index is 1100. The number of carbonyl (C=O) groups excluding carboxylic acids is 2. The zero-order valence-electron chi connectivity index (χ0n) is 21.9. The molecular formula is C30H36N2O5. The third kappa shape index (κ3) is 9.37. The first kappa shape index (κ1) is 27.9. The summed E-state index contributed by atoms with van der Waals surface area (Å²) >= 11 is 0. The highest BCUT2D eigenvalue weighted by atomic mass is 16.6. The molecule has 7 heteroatoms. The van der Waals surface area contributed by atoms with E-state index in [9.17, 15) is 9.59 Å². The standard InChI is InChI=1S/C30H36N2O5/c1-23(32(29(34)37-30(2,3)4)31-28(33)26-18-12-7-13-19-26)27(36-21-25-16-10-6-11-17-25)22-35-20-24-14-8-5-9-15-24/h5-19,23,27H,20-22H2,1-4H3,(H,31,33)/t23-,27+/m0/s1. The van der Waals surface area contributed by atoms with Gasteiger partial charge in [0.1, 0.15) is 11.7 Å². The Morgan fingerprint density at radius 3 is 1.86 bits per heavy atom. The maximum atomic E-state index is 13.2. The van der Waals surface area contributed by atoms with Gasteiger partial charge in [0.15, 0.2) is 0 Å². The van der Waals surface area contributed by atoms with Gasteiger partial charge in [-0.05, 0) is 51.0 Å². The second-order valence-electron chi connectivity index (χ2n) is 9.73. The molecule has 0 saturated heterocycles. The van der Waals surface area contributed by atoms with Gasteiger partial charge in [-0.3, -0.25) is 10.2 Å². The molecule has 2 atom stereocenters. The Balaban J connectivity index is 1.80. The van der Waals surface area contributed by atoms with E-state index in [1.54, 1.807) is 52.0 Å². The van der Waals surface area contributed by atoms with Crippen molar-refractivity contribution >= 4 is 12.0 Å². The van der Waals surface area contributed by atoms with Crippen LogP contribution in [0.3, 0.4) is 0 Å². The van der Waals surface area contributed by atoms with Gasteiger partial charge >= 0.3 is 6.09 Å². The first-order valence-electron chi connectivity index (χ1n) is 12.4. The van der Waals surface area contributed by atoms with Gasteiger partial charge in [-0.1, -0.05) is 78.9 Å². The monoisotopic (exact) mass is 504 g/mol. The van der Waals surface area contributed by atoms with Crippen LogP contribution < -0.4 is 5.43 Å². The summed E-state index contributed by atoms with van der Waals surface area (Å²) in [7, 11) is 0. The summed E-state index contributed by atoms with van der Waals surface area (Å²) in [5.41, 5.74) is 4.41. The van der Waals surface area contributed by atoms with Crippen LogP contribution in [0.1, 0.15) is 49.2 Å². The minimum Gasteiger partial charge on any atom is -0.442 e. The van der Waals surface area contributed by atoms with E-state index in [-0.39, 0.29) is 6.61 Å². The molecule has 0 aromatic heterocycles. The van der Waals surface area contributed by atoms with Crippen LogP contribution in [0.15, 0.2) is 91.0 Å². The molecule has 3 aromatic rings. The Kier molecular flexibility index (Phi) is 10.2. The highest BCUT2D eigenvalue weighted by molar-refractivity contribution is 5.94. The maximum Gasteiger partial charge on any atom is 0.429 e. The number of nitrogens with one attached hydrogen (secondary N) is 1. The smallest absolute Gasteiger partial charge is 0.429 e. The van der Waals surface area contributed by atoms with E-state index in [1.807, 2.05) is 66.7 Å². The maximum absolute atomic E-state index is 13.2. The zero-order valence-corrected chi connectivity index (χ0v) is 21.9. The highest BCUT2D eigenvalue weighted by Crippen LogP contribution is 2.17. The molecule has 0 fully saturated rings. The third-order valence-electron chi connectivity index (χ3n) is 5.49. The second kappa shape index (κ2) is 13.6. The number of benzene rings is 3. The molecule has 1 N–H and O–H groups in total. The third-order valence-corrected chi connectivity index (χ3v) is 5.49. The molecule has 37 heavy (non-hydrogen) atoms. The Hall–Kier alpha value is -3.68. The summed E-state index contributed by atoms with van der Waals surface area (Å²) in [4.78, 5) is 26.2. The lowest BCUT2D eigenvalue weighted by Crippen LogP contribution is -2.57. The lowest BCUT2D eigenvalue weighted by Gasteiger charge is -2.35. The van der Waals surface area contributed by atoms with Crippen molar-refractivity contribution in [2.45, 2.75) is 58.7 Å². The summed E-state index contributed by atoms with van der Waals surface area (Å²) in [6.45, 7) is 8.04. The topological polar surface area (TPSA) is 77.1 Å². The summed E-state index contributed by atoms with van der Waals surface area (Å²) in [6, 6.07) is 27.7. The van der Waals surface area contributed by atoms with Crippen molar-refractivity contribution in [3.63, 3.8) is 0 Å². The molecule has 0 bridgehead atoms. The Labute approximate surface area is 219 Å². The van der Waals surface area contributed by atoms with Crippen molar-refractivity contribution in [2.24, 2.45) is 0 Å². The molecule has 0 aliphatic carbocycles. The molecule has 0 saturated carbocycles. The molecule has 0 heterocycles. The predicted molar refractivity (Wildman–Crippen MR) is 143 cm³/mol. The average Bonchev–Trinajstić information content (AvgIpc) is 2.89. The largest absolute Gasteiger partial charge is 0.442 e. The number of nitrogens with zero attached hydrogens (tertiary/aromatic N) is 1. The van der Waals surface area contributed by atoms with Crippen LogP contribution in [-0.4, -0.2) is 41.4 Å². The summed E-state index contributed by atoms with van der Waals surface area (Å²) in [5.74, 6) is -0.426. The van der Waals surface area contributed by atoms with Gasteiger partial charge < -0.3 is 14.2 Å². The molecule has 0 radical (unpaired) electrons. The fraction of sp³-hybridized carbons (Fsp3) is 0.333. The number of carbonyl (C=O) groups is 2. The van der Waals surface area contributed by atoms with Crippen LogP contribution in [0.4, 0.5) is 4.79 Å². The van der Waals surface area contributed by atoms with Crippen LogP contribution in [0.2, 0.25) is 0 Å². The van der Waals surface area contributed by atoms with Crippen LogP contribution in [0, 0.1) is 0 Å². The van der Waals surface area contributed by atoms with Crippen LogP contribution >= 0.6 is 0 Å². The number of rotatable bonds is 10. The molecule has 3 rings (SSSR count). The molecule has 7 nitrogen and oxygen atoms in total. The minimum atomic E-state index is -0.753. The number of amides is 2. The van der Waals surface area contributed by atoms with Crippen molar-refractivity contribution in [3.05, 3.63) is 108 Å². The van der Waals surface area contributed by atoms with E-state index in [0.717, 1.165) is 11.1 Å². The number of ether oxygens (including phenoxy) is 3. The van der Waals surface area contributed by atoms with Crippen molar-refractivity contribution < 1.29 is 23.8 Å². The number of hydrazine groups is 1. The average molecular weight is 505 g/mol. The minimum absolute atomic E-state index is 0.198. The first-order valence-corrected chi connectivity index (χ1v) is 12.4. The van der Waals surface area contributed by atoms with E-state index >= 15 is 0 Å². The summed E-state index contributed by atoms with van der Waals surface area (Å²) < 4.78 is 17.9. The van der Waals surface area contributed by atoms with E-state index in [4.69, 9.17) is 14.2 Å². The molecule has 196 valence electrons. The van der Waals surface area contributed by atoms with Crippen molar-refractivity contribution in [1.29, 1.82) is 0 Å². The first-order chi connectivity index (χ1) is 17.7. The fourth-order valence-corrected chi connectivity index (χ4v) is 3.53. The molecule has 0 aliphatic rings. The molecule has 2 amide bonds. The molecular weight excluding hydrogens is 468 g/mol. The number of hydrogen-bond donors (Lipinski definition) is 1. The zero-order chi connectivity index (χ0) is 26.7. The van der Waals surface area contributed by atoms with E-state index < -0.39 is 29.7 Å². The molecule has 0 aliphatic heterocycles. The summed E-state index contributed by atoms with van der Waals surface area (Å²) in [6.07, 6.45) is -1.24. The quantitative estimate of drug-likeness (QED) is 0.355. The highest BCUT2D eigenvalue weighted by Gasteiger charge is 2.33. The summed E-state index contributed by atoms with van der Waals surface area (Å²) in [5, 5.41) is 1.20. The lowest BCUT2D eigenvalue weighted by atomic mass is 10.1. The SMILES string of the molecule is C[C@@H]([C@@H](COCc1ccccc1)OCc1ccccc1)N(NC(=O)c1ccccc1)C(=O)OC(C)(C)C. The van der Waals surface area contributed by atoms with Crippen LogP contribution in [0.25, 0.3) is 0 Å². The van der Waals surface area contributed by atoms with Gasteiger partial charge in [0, 0.05) is 5.56 Å². The van der Waals surface area contributed by atoms with Crippen molar-refractivity contribution in [3.8, 4) is 0 Å². The fourth-order valence-electron chi connectivity index (χ4n) is 3.53. The van der Waals surface area contributed by atoms with Gasteiger partial charge in [-0.25, -0.2) is 9.80 Å². The lowest BCUT2D eigenvalue weighted by molar-refractivity contribution is -0.0783. The van der Waals surface area contributed by atoms with E-state index in [2.05, 4.69) is 5.43 Å². The van der Waals surface area contributed by atoms with E-state index in [1.165, 1.54) is 5.01 Å². The Morgan fingerprint density at radius 1 is 0.811 bits per heavy atom. The number of hydrogen-bond acceptors (Lipinski definition) is 5. The Morgan fingerprint density at radius 2 is 1.32 bits per heavy atom. The van der Waals surface area contributed by atoms with Crippen molar-refractivity contribution in [2.75, 3.05) is 6.61 Å². The van der Waals surface area contributed by atoms with Crippen LogP contribution in [-0.2, 0) is 27.4 Å².